The summed E-state index contributed by atoms with van der Waals surface area (Å²) in [6.45, 7) is 12.1. The molecule has 1 aromatic rings. The van der Waals surface area contributed by atoms with Crippen LogP contribution in [0.25, 0.3) is 0 Å². The van der Waals surface area contributed by atoms with Crippen LogP contribution in [0.5, 0.6) is 0 Å². The Labute approximate surface area is 181 Å². The summed E-state index contributed by atoms with van der Waals surface area (Å²) in [4.78, 5) is 7.39. The van der Waals surface area contributed by atoms with Crippen LogP contribution in [-0.2, 0) is 10.2 Å². The lowest BCUT2D eigenvalue weighted by molar-refractivity contribution is 0.0376. The van der Waals surface area contributed by atoms with Gasteiger partial charge in [0.05, 0.1) is 19.8 Å². The normalized spacial score (nSPS) is 19.3. The van der Waals surface area contributed by atoms with Gasteiger partial charge in [0.2, 0.25) is 0 Å². The molecule has 1 saturated heterocycles. The van der Waals surface area contributed by atoms with Gasteiger partial charge in [-0.1, -0.05) is 24.3 Å². The summed E-state index contributed by atoms with van der Waals surface area (Å²) in [5.41, 5.74) is 3.14. The van der Waals surface area contributed by atoms with Gasteiger partial charge in [0.25, 0.3) is 0 Å². The number of guanidine groups is 1. The molecule has 3 rings (SSSR count). The van der Waals surface area contributed by atoms with Crippen molar-refractivity contribution in [1.29, 1.82) is 0 Å². The Balaban J connectivity index is 0.00000261. The van der Waals surface area contributed by atoms with Crippen LogP contribution in [0.15, 0.2) is 29.3 Å². The number of hydrogen-bond acceptors (Lipinski definition) is 3. The van der Waals surface area contributed by atoms with Gasteiger partial charge < -0.3 is 15.4 Å². The van der Waals surface area contributed by atoms with Crippen LogP contribution in [-0.4, -0.2) is 63.3 Å². The van der Waals surface area contributed by atoms with Gasteiger partial charge in [-0.05, 0) is 50.8 Å². The van der Waals surface area contributed by atoms with Crippen LogP contribution in [0.1, 0.15) is 37.3 Å². The Bertz CT molecular complexity index is 598. The van der Waals surface area contributed by atoms with Crippen molar-refractivity contribution < 1.29 is 4.74 Å². The molecule has 2 aliphatic rings. The molecular formula is C21H35IN4O. The molecule has 0 bridgehead atoms. The molecule has 0 unspecified atom stereocenters. The van der Waals surface area contributed by atoms with Crippen LogP contribution < -0.4 is 10.6 Å². The van der Waals surface area contributed by atoms with Crippen LogP contribution in [0, 0.1) is 6.92 Å². The third-order valence-electron chi connectivity index (χ3n) is 5.50. The molecular weight excluding hydrogens is 451 g/mol. The molecule has 152 valence electrons. The average molecular weight is 486 g/mol. The highest BCUT2D eigenvalue weighted by atomic mass is 127. The number of aliphatic imine (C=N–C) groups is 1. The smallest absolute Gasteiger partial charge is 0.191 e. The van der Waals surface area contributed by atoms with E-state index in [9.17, 15) is 0 Å². The number of ether oxygens (including phenoxy) is 1. The van der Waals surface area contributed by atoms with Crippen molar-refractivity contribution in [1.82, 2.24) is 15.5 Å². The summed E-state index contributed by atoms with van der Waals surface area (Å²) in [7, 11) is 0. The number of hydrogen-bond donors (Lipinski definition) is 2. The molecule has 2 N–H and O–H groups in total. The summed E-state index contributed by atoms with van der Waals surface area (Å²) >= 11 is 0. The third kappa shape index (κ3) is 6.61. The number of rotatable bonds is 8. The van der Waals surface area contributed by atoms with Gasteiger partial charge in [-0.2, -0.15) is 0 Å². The summed E-state index contributed by atoms with van der Waals surface area (Å²) in [5.74, 6) is 0.953. The fourth-order valence-electron chi connectivity index (χ4n) is 3.74. The van der Waals surface area contributed by atoms with Gasteiger partial charge in [-0.15, -0.1) is 24.0 Å². The second kappa shape index (κ2) is 11.2. The highest BCUT2D eigenvalue weighted by Crippen LogP contribution is 2.49. The molecule has 1 saturated carbocycles. The monoisotopic (exact) mass is 486 g/mol. The molecule has 1 aromatic carbocycles. The van der Waals surface area contributed by atoms with E-state index >= 15 is 0 Å². The molecule has 0 radical (unpaired) electrons. The van der Waals surface area contributed by atoms with E-state index in [2.05, 4.69) is 53.6 Å². The fourth-order valence-corrected chi connectivity index (χ4v) is 3.74. The number of halogens is 1. The van der Waals surface area contributed by atoms with Gasteiger partial charge in [0, 0.05) is 31.6 Å². The van der Waals surface area contributed by atoms with Gasteiger partial charge in [0.15, 0.2) is 5.96 Å². The first-order chi connectivity index (χ1) is 12.7. The van der Waals surface area contributed by atoms with Gasteiger partial charge >= 0.3 is 0 Å². The summed E-state index contributed by atoms with van der Waals surface area (Å²) in [6.07, 6.45) is 3.63. The molecule has 0 atom stereocenters. The van der Waals surface area contributed by atoms with E-state index in [4.69, 9.17) is 9.73 Å². The van der Waals surface area contributed by atoms with Crippen molar-refractivity contribution in [2.75, 3.05) is 52.5 Å². The topological polar surface area (TPSA) is 48.9 Å². The number of benzene rings is 1. The minimum absolute atomic E-state index is 0. The predicted octanol–water partition coefficient (Wildman–Crippen LogP) is 2.92. The molecule has 2 fully saturated rings. The predicted molar refractivity (Wildman–Crippen MR) is 123 cm³/mol. The Morgan fingerprint density at radius 2 is 1.93 bits per heavy atom. The van der Waals surface area contributed by atoms with Crippen LogP contribution >= 0.6 is 24.0 Å². The number of morpholine rings is 1. The number of nitrogens with zero attached hydrogens (tertiary/aromatic N) is 2. The van der Waals surface area contributed by atoms with Crippen molar-refractivity contribution in [3.63, 3.8) is 0 Å². The molecule has 1 aliphatic heterocycles. The van der Waals surface area contributed by atoms with Crippen molar-refractivity contribution >= 4 is 29.9 Å². The minimum atomic E-state index is 0. The molecule has 6 heteroatoms. The SMILES string of the molecule is CCNC(=NCC1(c2ccccc2C)CC1)NCCCN1CCOCC1.I. The molecule has 0 aromatic heterocycles. The van der Waals surface area contributed by atoms with E-state index in [1.165, 1.54) is 24.0 Å². The molecule has 1 heterocycles. The zero-order chi connectivity index (χ0) is 18.2. The lowest BCUT2D eigenvalue weighted by atomic mass is 9.92. The highest BCUT2D eigenvalue weighted by molar-refractivity contribution is 14.0. The van der Waals surface area contributed by atoms with E-state index in [0.717, 1.165) is 64.9 Å². The zero-order valence-electron chi connectivity index (χ0n) is 16.8. The first-order valence-corrected chi connectivity index (χ1v) is 10.1. The Morgan fingerprint density at radius 3 is 2.59 bits per heavy atom. The van der Waals surface area contributed by atoms with Crippen LogP contribution in [0.4, 0.5) is 0 Å². The Kier molecular flexibility index (Phi) is 9.32. The van der Waals surface area contributed by atoms with Gasteiger partial charge in [-0.3, -0.25) is 9.89 Å². The minimum Gasteiger partial charge on any atom is -0.379 e. The van der Waals surface area contributed by atoms with Crippen LogP contribution in [0.3, 0.4) is 0 Å². The van der Waals surface area contributed by atoms with E-state index in [1.54, 1.807) is 0 Å². The van der Waals surface area contributed by atoms with E-state index in [-0.39, 0.29) is 29.4 Å². The third-order valence-corrected chi connectivity index (χ3v) is 5.50. The Morgan fingerprint density at radius 1 is 1.19 bits per heavy atom. The second-order valence-electron chi connectivity index (χ2n) is 7.52. The highest BCUT2D eigenvalue weighted by Gasteiger charge is 2.44. The molecule has 27 heavy (non-hydrogen) atoms. The van der Waals surface area contributed by atoms with Crippen molar-refractivity contribution in [3.8, 4) is 0 Å². The van der Waals surface area contributed by atoms with Crippen LogP contribution in [0.2, 0.25) is 0 Å². The van der Waals surface area contributed by atoms with E-state index < -0.39 is 0 Å². The zero-order valence-corrected chi connectivity index (χ0v) is 19.1. The molecule has 0 amide bonds. The maximum atomic E-state index is 5.40. The first kappa shape index (κ1) is 22.4. The summed E-state index contributed by atoms with van der Waals surface area (Å²) in [6, 6.07) is 8.77. The lowest BCUT2D eigenvalue weighted by Gasteiger charge is -2.26. The van der Waals surface area contributed by atoms with Gasteiger partial charge in [-0.25, -0.2) is 0 Å². The van der Waals surface area contributed by atoms with E-state index in [0.29, 0.717) is 0 Å². The first-order valence-electron chi connectivity index (χ1n) is 10.1. The maximum absolute atomic E-state index is 5.40. The van der Waals surface area contributed by atoms with Gasteiger partial charge in [0.1, 0.15) is 0 Å². The summed E-state index contributed by atoms with van der Waals surface area (Å²) in [5, 5.41) is 6.90. The summed E-state index contributed by atoms with van der Waals surface area (Å²) < 4.78 is 5.40. The average Bonchev–Trinajstić information content (AvgIpc) is 3.45. The maximum Gasteiger partial charge on any atom is 0.191 e. The number of nitrogens with one attached hydrogen (secondary N) is 2. The van der Waals surface area contributed by atoms with Crippen molar-refractivity contribution in [2.45, 2.75) is 38.5 Å². The fraction of sp³-hybridized carbons (Fsp3) is 0.667. The Hall–Kier alpha value is -0.860. The van der Waals surface area contributed by atoms with E-state index in [1.807, 2.05) is 0 Å². The molecule has 0 spiro atoms. The van der Waals surface area contributed by atoms with Crippen molar-refractivity contribution in [3.05, 3.63) is 35.4 Å². The molecule has 1 aliphatic carbocycles. The van der Waals surface area contributed by atoms with Crippen molar-refractivity contribution in [2.24, 2.45) is 4.99 Å². The second-order valence-corrected chi connectivity index (χ2v) is 7.52. The lowest BCUT2D eigenvalue weighted by Crippen LogP contribution is -2.41. The quantitative estimate of drug-likeness (QED) is 0.257. The largest absolute Gasteiger partial charge is 0.379 e. The number of aryl methyl sites for hydroxylation is 1. The molecule has 5 nitrogen and oxygen atoms in total. The standard InChI is InChI=1S/C21H34N4O.HI/c1-3-22-20(23-11-6-12-25-13-15-26-16-14-25)24-17-21(9-10-21)19-8-5-4-7-18(19)2;/h4-5,7-8H,3,6,9-17H2,1-2H3,(H2,22,23,24);1H.